The zero-order valence-electron chi connectivity index (χ0n) is 10.4. The van der Waals surface area contributed by atoms with Crippen LogP contribution in [-0.4, -0.2) is 59.0 Å². The van der Waals surface area contributed by atoms with Gasteiger partial charge >= 0.3 is 5.97 Å². The largest absolute Gasteiger partial charge is 0.481 e. The molecule has 1 heterocycles. The normalized spacial score (nSPS) is 29.5. The predicted octanol–water partition coefficient (Wildman–Crippen LogP) is 0.260. The molecule has 17 heavy (non-hydrogen) atoms. The molecule has 2 atom stereocenters. The lowest BCUT2D eigenvalue weighted by Gasteiger charge is -2.37. The van der Waals surface area contributed by atoms with Crippen molar-refractivity contribution < 1.29 is 14.7 Å². The second-order valence-corrected chi connectivity index (χ2v) is 5.24. The smallest absolute Gasteiger partial charge is 0.307 e. The molecule has 5 heteroatoms. The predicted molar refractivity (Wildman–Crippen MR) is 62.5 cm³/mol. The van der Waals surface area contributed by atoms with E-state index in [1.165, 1.54) is 0 Å². The SMILES string of the molecule is CC(C)N1CCN(C(=O)C2CC2C(=O)O)CC1. The molecule has 1 aliphatic carbocycles. The summed E-state index contributed by atoms with van der Waals surface area (Å²) in [6.45, 7) is 7.57. The van der Waals surface area contributed by atoms with Gasteiger partial charge in [0.15, 0.2) is 0 Å². The Bertz CT molecular complexity index is 322. The first kappa shape index (κ1) is 12.4. The van der Waals surface area contributed by atoms with E-state index in [-0.39, 0.29) is 11.8 Å². The van der Waals surface area contributed by atoms with Gasteiger partial charge in [0, 0.05) is 32.2 Å². The van der Waals surface area contributed by atoms with Crippen LogP contribution < -0.4 is 0 Å². The lowest BCUT2D eigenvalue weighted by atomic mass is 10.2. The van der Waals surface area contributed by atoms with Crippen molar-refractivity contribution in [3.63, 3.8) is 0 Å². The highest BCUT2D eigenvalue weighted by atomic mass is 16.4. The fourth-order valence-corrected chi connectivity index (χ4v) is 2.43. The average Bonchev–Trinajstić information content (AvgIpc) is 3.08. The number of nitrogens with zero attached hydrogens (tertiary/aromatic N) is 2. The standard InChI is InChI=1S/C12H20N2O3/c1-8(2)13-3-5-14(6-4-13)11(15)9-7-10(9)12(16)17/h8-10H,3-7H2,1-2H3,(H,16,17). The molecule has 96 valence electrons. The molecule has 0 radical (unpaired) electrons. The van der Waals surface area contributed by atoms with Crippen LogP contribution in [0, 0.1) is 11.8 Å². The van der Waals surface area contributed by atoms with Gasteiger partial charge in [-0.25, -0.2) is 0 Å². The third-order valence-corrected chi connectivity index (χ3v) is 3.78. The summed E-state index contributed by atoms with van der Waals surface area (Å²) in [6, 6.07) is 0.514. The van der Waals surface area contributed by atoms with Gasteiger partial charge in [0.05, 0.1) is 11.8 Å². The third kappa shape index (κ3) is 2.60. The number of carboxylic acids is 1. The van der Waals surface area contributed by atoms with E-state index in [9.17, 15) is 9.59 Å². The van der Waals surface area contributed by atoms with Crippen molar-refractivity contribution in [1.29, 1.82) is 0 Å². The Morgan fingerprint density at radius 3 is 2.12 bits per heavy atom. The fourth-order valence-electron chi connectivity index (χ4n) is 2.43. The minimum absolute atomic E-state index is 0.0424. The van der Waals surface area contributed by atoms with Crippen molar-refractivity contribution in [2.45, 2.75) is 26.3 Å². The lowest BCUT2D eigenvalue weighted by molar-refractivity contribution is -0.142. The van der Waals surface area contributed by atoms with Crippen LogP contribution in [0.4, 0.5) is 0 Å². The molecule has 0 aromatic rings. The number of aliphatic carboxylic acids is 1. The summed E-state index contributed by atoms with van der Waals surface area (Å²) in [5, 5.41) is 8.81. The van der Waals surface area contributed by atoms with E-state index < -0.39 is 11.9 Å². The first-order valence-electron chi connectivity index (χ1n) is 6.26. The Kier molecular flexibility index (Phi) is 3.38. The molecule has 5 nitrogen and oxygen atoms in total. The molecule has 1 N–H and O–H groups in total. The number of rotatable bonds is 3. The summed E-state index contributed by atoms with van der Waals surface area (Å²) in [6.07, 6.45) is 0.526. The summed E-state index contributed by atoms with van der Waals surface area (Å²) in [4.78, 5) is 26.9. The summed E-state index contributed by atoms with van der Waals surface area (Å²) >= 11 is 0. The molecule has 0 bridgehead atoms. The average molecular weight is 240 g/mol. The maximum atomic E-state index is 12.0. The van der Waals surface area contributed by atoms with Gasteiger partial charge in [-0.15, -0.1) is 0 Å². The molecule has 1 aliphatic heterocycles. The molecule has 2 rings (SSSR count). The molecule has 2 fully saturated rings. The molecule has 1 amide bonds. The highest BCUT2D eigenvalue weighted by Gasteiger charge is 2.49. The molecule has 0 aromatic heterocycles. The molecule has 1 saturated heterocycles. The number of amides is 1. The number of hydrogen-bond donors (Lipinski definition) is 1. The minimum Gasteiger partial charge on any atom is -0.481 e. The van der Waals surface area contributed by atoms with E-state index in [4.69, 9.17) is 5.11 Å². The van der Waals surface area contributed by atoms with Crippen molar-refractivity contribution in [3.8, 4) is 0 Å². The van der Waals surface area contributed by atoms with E-state index in [0.717, 1.165) is 26.2 Å². The number of carboxylic acid groups (broad SMARTS) is 1. The van der Waals surface area contributed by atoms with E-state index in [1.807, 2.05) is 4.90 Å². The van der Waals surface area contributed by atoms with Crippen molar-refractivity contribution in [2.75, 3.05) is 26.2 Å². The first-order chi connectivity index (χ1) is 8.00. The minimum atomic E-state index is -0.829. The quantitative estimate of drug-likeness (QED) is 0.768. The Hall–Kier alpha value is -1.10. The second kappa shape index (κ2) is 4.64. The van der Waals surface area contributed by atoms with Crippen LogP contribution in [-0.2, 0) is 9.59 Å². The van der Waals surface area contributed by atoms with Gasteiger partial charge in [-0.3, -0.25) is 14.5 Å². The van der Waals surface area contributed by atoms with Gasteiger partial charge in [-0.2, -0.15) is 0 Å². The van der Waals surface area contributed by atoms with E-state index >= 15 is 0 Å². The maximum absolute atomic E-state index is 12.0. The van der Waals surface area contributed by atoms with Crippen LogP contribution in [0.1, 0.15) is 20.3 Å². The summed E-state index contributed by atoms with van der Waals surface area (Å²) in [5.74, 6) is -1.46. The molecule has 2 aliphatic rings. The molecule has 1 saturated carbocycles. The number of carbonyl (C=O) groups excluding carboxylic acids is 1. The highest BCUT2D eigenvalue weighted by Crippen LogP contribution is 2.40. The van der Waals surface area contributed by atoms with Gasteiger partial charge in [-0.05, 0) is 20.3 Å². The first-order valence-corrected chi connectivity index (χ1v) is 6.26. The maximum Gasteiger partial charge on any atom is 0.307 e. The van der Waals surface area contributed by atoms with Gasteiger partial charge < -0.3 is 10.0 Å². The second-order valence-electron chi connectivity index (χ2n) is 5.24. The van der Waals surface area contributed by atoms with Crippen molar-refractivity contribution in [1.82, 2.24) is 9.80 Å². The van der Waals surface area contributed by atoms with Crippen LogP contribution in [0.15, 0.2) is 0 Å². The Labute approximate surface area is 101 Å². The monoisotopic (exact) mass is 240 g/mol. The van der Waals surface area contributed by atoms with Gasteiger partial charge in [-0.1, -0.05) is 0 Å². The number of carbonyl (C=O) groups is 2. The summed E-state index contributed by atoms with van der Waals surface area (Å²) < 4.78 is 0. The Balaban J connectivity index is 1.82. The fraction of sp³-hybridized carbons (Fsp3) is 0.833. The van der Waals surface area contributed by atoms with Crippen molar-refractivity contribution in [3.05, 3.63) is 0 Å². The number of piperazine rings is 1. The van der Waals surface area contributed by atoms with E-state index in [2.05, 4.69) is 18.7 Å². The molecular weight excluding hydrogens is 220 g/mol. The topological polar surface area (TPSA) is 60.9 Å². The molecule has 0 spiro atoms. The van der Waals surface area contributed by atoms with E-state index in [1.54, 1.807) is 0 Å². The zero-order chi connectivity index (χ0) is 12.6. The molecule has 2 unspecified atom stereocenters. The van der Waals surface area contributed by atoms with Crippen LogP contribution >= 0.6 is 0 Å². The van der Waals surface area contributed by atoms with Crippen LogP contribution in [0.3, 0.4) is 0 Å². The van der Waals surface area contributed by atoms with Crippen molar-refractivity contribution in [2.24, 2.45) is 11.8 Å². The number of hydrogen-bond acceptors (Lipinski definition) is 3. The molecular formula is C12H20N2O3. The highest BCUT2D eigenvalue weighted by molar-refractivity contribution is 5.89. The summed E-state index contributed by atoms with van der Waals surface area (Å²) in [5.41, 5.74) is 0. The zero-order valence-corrected chi connectivity index (χ0v) is 10.4. The Morgan fingerprint density at radius 1 is 1.12 bits per heavy atom. The lowest BCUT2D eigenvalue weighted by Crippen LogP contribution is -2.51. The third-order valence-electron chi connectivity index (χ3n) is 3.78. The van der Waals surface area contributed by atoms with Gasteiger partial charge in [0.2, 0.25) is 5.91 Å². The van der Waals surface area contributed by atoms with Crippen LogP contribution in [0.5, 0.6) is 0 Å². The molecule has 0 aromatic carbocycles. The summed E-state index contributed by atoms with van der Waals surface area (Å²) in [7, 11) is 0. The van der Waals surface area contributed by atoms with Crippen molar-refractivity contribution >= 4 is 11.9 Å². The van der Waals surface area contributed by atoms with Gasteiger partial charge in [0.25, 0.3) is 0 Å². The van der Waals surface area contributed by atoms with Gasteiger partial charge in [0.1, 0.15) is 0 Å². The Morgan fingerprint density at radius 2 is 1.71 bits per heavy atom. The van der Waals surface area contributed by atoms with Crippen LogP contribution in [0.2, 0.25) is 0 Å². The van der Waals surface area contributed by atoms with E-state index in [0.29, 0.717) is 12.5 Å². The van der Waals surface area contributed by atoms with Crippen LogP contribution in [0.25, 0.3) is 0 Å².